The summed E-state index contributed by atoms with van der Waals surface area (Å²) >= 11 is 0. The molecule has 1 amide bonds. The third kappa shape index (κ3) is 4.82. The number of benzene rings is 1. The Morgan fingerprint density at radius 3 is 2.74 bits per heavy atom. The Labute approximate surface area is 136 Å². The minimum absolute atomic E-state index is 0.0126. The lowest BCUT2D eigenvalue weighted by atomic mass is 9.88. The maximum Gasteiger partial charge on any atom is 0.328 e. The van der Waals surface area contributed by atoms with Gasteiger partial charge in [-0.15, -0.1) is 0 Å². The van der Waals surface area contributed by atoms with E-state index in [1.807, 2.05) is 6.07 Å². The number of rotatable bonds is 5. The molecule has 1 saturated carbocycles. The van der Waals surface area contributed by atoms with Gasteiger partial charge in [-0.2, -0.15) is 5.26 Å². The van der Waals surface area contributed by atoms with Gasteiger partial charge in [-0.3, -0.25) is 4.79 Å². The van der Waals surface area contributed by atoms with E-state index < -0.39 is 12.0 Å². The van der Waals surface area contributed by atoms with Gasteiger partial charge in [0.1, 0.15) is 6.04 Å². The van der Waals surface area contributed by atoms with E-state index in [2.05, 4.69) is 11.4 Å². The maximum absolute atomic E-state index is 12.4. The molecule has 0 aliphatic heterocycles. The molecule has 5 heteroatoms. The van der Waals surface area contributed by atoms with Crippen molar-refractivity contribution >= 4 is 11.9 Å². The molecule has 0 radical (unpaired) electrons. The molecule has 23 heavy (non-hydrogen) atoms. The van der Waals surface area contributed by atoms with E-state index in [-0.39, 0.29) is 11.8 Å². The van der Waals surface area contributed by atoms with Crippen LogP contribution >= 0.6 is 0 Å². The third-order valence-corrected chi connectivity index (χ3v) is 4.27. The van der Waals surface area contributed by atoms with Gasteiger partial charge in [0.05, 0.1) is 18.7 Å². The average molecular weight is 314 g/mol. The van der Waals surface area contributed by atoms with Crippen LogP contribution < -0.4 is 5.32 Å². The number of ether oxygens (including phenoxy) is 1. The molecule has 0 unspecified atom stereocenters. The standard InChI is InChI=1S/C18H22N2O3/c1-23-18(22)16(11-13-6-5-7-14(10-13)12-19)20-17(21)15-8-3-2-4-9-15/h5-7,10,15-16H,2-4,8-9,11H2,1H3,(H,20,21)/t16-/m0/s1. The predicted octanol–water partition coefficient (Wildman–Crippen LogP) is 2.34. The van der Waals surface area contributed by atoms with Crippen LogP contribution in [0.5, 0.6) is 0 Å². The fourth-order valence-electron chi connectivity index (χ4n) is 2.99. The number of nitriles is 1. The van der Waals surface area contributed by atoms with Crippen LogP contribution in [0.2, 0.25) is 0 Å². The number of carbonyl (C=O) groups is 2. The smallest absolute Gasteiger partial charge is 0.328 e. The molecule has 1 aromatic carbocycles. The number of hydrogen-bond donors (Lipinski definition) is 1. The zero-order chi connectivity index (χ0) is 16.7. The van der Waals surface area contributed by atoms with E-state index in [0.29, 0.717) is 12.0 Å². The Kier molecular flexibility index (Phi) is 6.16. The minimum atomic E-state index is -0.719. The lowest BCUT2D eigenvalue weighted by Gasteiger charge is -2.24. The summed E-state index contributed by atoms with van der Waals surface area (Å²) < 4.78 is 4.81. The van der Waals surface area contributed by atoms with E-state index >= 15 is 0 Å². The molecule has 5 nitrogen and oxygen atoms in total. The molecule has 1 atom stereocenters. The largest absolute Gasteiger partial charge is 0.467 e. The molecule has 0 spiro atoms. The van der Waals surface area contributed by atoms with Gasteiger partial charge in [0, 0.05) is 12.3 Å². The molecule has 0 saturated heterocycles. The summed E-state index contributed by atoms with van der Waals surface area (Å²) in [5.74, 6) is -0.547. The van der Waals surface area contributed by atoms with Crippen LogP contribution in [0, 0.1) is 17.2 Å². The van der Waals surface area contributed by atoms with Crippen LogP contribution in [0.3, 0.4) is 0 Å². The molecular formula is C18H22N2O3. The van der Waals surface area contributed by atoms with Gasteiger partial charge in [-0.1, -0.05) is 31.4 Å². The first kappa shape index (κ1) is 17.0. The van der Waals surface area contributed by atoms with Gasteiger partial charge in [-0.05, 0) is 30.5 Å². The van der Waals surface area contributed by atoms with Gasteiger partial charge < -0.3 is 10.1 Å². The van der Waals surface area contributed by atoms with Crippen LogP contribution in [-0.2, 0) is 20.7 Å². The summed E-state index contributed by atoms with van der Waals surface area (Å²) in [5, 5.41) is 11.8. The van der Waals surface area contributed by atoms with Gasteiger partial charge in [0.2, 0.25) is 5.91 Å². The van der Waals surface area contributed by atoms with E-state index in [1.165, 1.54) is 13.5 Å². The Morgan fingerprint density at radius 1 is 1.35 bits per heavy atom. The Bertz CT molecular complexity index is 601. The highest BCUT2D eigenvalue weighted by atomic mass is 16.5. The quantitative estimate of drug-likeness (QED) is 0.846. The zero-order valence-electron chi connectivity index (χ0n) is 13.4. The molecule has 122 valence electrons. The van der Waals surface area contributed by atoms with Crippen LogP contribution in [0.1, 0.15) is 43.2 Å². The van der Waals surface area contributed by atoms with E-state index in [4.69, 9.17) is 10.00 Å². The SMILES string of the molecule is COC(=O)[C@H](Cc1cccc(C#N)c1)NC(=O)C1CCCCC1. The van der Waals surface area contributed by atoms with Gasteiger partial charge in [0.25, 0.3) is 0 Å². The molecule has 1 aliphatic carbocycles. The molecular weight excluding hydrogens is 292 g/mol. The summed E-state index contributed by atoms with van der Waals surface area (Å²) in [6.45, 7) is 0. The van der Waals surface area contributed by atoms with E-state index in [0.717, 1.165) is 31.2 Å². The van der Waals surface area contributed by atoms with Crippen LogP contribution in [0.15, 0.2) is 24.3 Å². The molecule has 1 aliphatic rings. The third-order valence-electron chi connectivity index (χ3n) is 4.27. The molecule has 2 rings (SSSR count). The summed E-state index contributed by atoms with van der Waals surface area (Å²) in [6.07, 6.45) is 5.37. The van der Waals surface area contributed by atoms with Crippen LogP contribution in [0.25, 0.3) is 0 Å². The Morgan fingerprint density at radius 2 is 2.09 bits per heavy atom. The maximum atomic E-state index is 12.4. The number of esters is 1. The molecule has 0 heterocycles. The highest BCUT2D eigenvalue weighted by Crippen LogP contribution is 2.24. The van der Waals surface area contributed by atoms with Crippen molar-refractivity contribution in [2.24, 2.45) is 5.92 Å². The second-order valence-corrected chi connectivity index (χ2v) is 5.94. The fourth-order valence-corrected chi connectivity index (χ4v) is 2.99. The van der Waals surface area contributed by atoms with Crippen molar-refractivity contribution < 1.29 is 14.3 Å². The van der Waals surface area contributed by atoms with Crippen molar-refractivity contribution in [1.29, 1.82) is 5.26 Å². The molecule has 1 N–H and O–H groups in total. The second kappa shape index (κ2) is 8.33. The van der Waals surface area contributed by atoms with Crippen molar-refractivity contribution in [2.45, 2.75) is 44.6 Å². The number of nitrogens with one attached hydrogen (secondary N) is 1. The minimum Gasteiger partial charge on any atom is -0.467 e. The number of amides is 1. The van der Waals surface area contributed by atoms with Gasteiger partial charge in [-0.25, -0.2) is 4.79 Å². The second-order valence-electron chi connectivity index (χ2n) is 5.94. The van der Waals surface area contributed by atoms with Crippen LogP contribution in [0.4, 0.5) is 0 Å². The molecule has 0 bridgehead atoms. The van der Waals surface area contributed by atoms with Crippen molar-refractivity contribution in [2.75, 3.05) is 7.11 Å². The molecule has 0 aromatic heterocycles. The van der Waals surface area contributed by atoms with Crippen molar-refractivity contribution in [3.63, 3.8) is 0 Å². The Balaban J connectivity index is 2.05. The van der Waals surface area contributed by atoms with Crippen molar-refractivity contribution in [1.82, 2.24) is 5.32 Å². The average Bonchev–Trinajstić information content (AvgIpc) is 2.61. The lowest BCUT2D eigenvalue weighted by molar-refractivity contribution is -0.145. The first-order valence-electron chi connectivity index (χ1n) is 8.01. The highest BCUT2D eigenvalue weighted by Gasteiger charge is 2.27. The van der Waals surface area contributed by atoms with E-state index in [1.54, 1.807) is 18.2 Å². The van der Waals surface area contributed by atoms with Crippen molar-refractivity contribution in [3.8, 4) is 6.07 Å². The number of nitrogens with zero attached hydrogens (tertiary/aromatic N) is 1. The topological polar surface area (TPSA) is 79.2 Å². The van der Waals surface area contributed by atoms with Crippen molar-refractivity contribution in [3.05, 3.63) is 35.4 Å². The summed E-state index contributed by atoms with van der Waals surface area (Å²) in [7, 11) is 1.31. The number of methoxy groups -OCH3 is 1. The predicted molar refractivity (Wildman–Crippen MR) is 85.4 cm³/mol. The van der Waals surface area contributed by atoms with E-state index in [9.17, 15) is 9.59 Å². The Hall–Kier alpha value is -2.35. The molecule has 1 aromatic rings. The fraction of sp³-hybridized carbons (Fsp3) is 0.500. The zero-order valence-corrected chi connectivity index (χ0v) is 13.4. The summed E-state index contributed by atoms with van der Waals surface area (Å²) in [4.78, 5) is 24.4. The van der Waals surface area contributed by atoms with Gasteiger partial charge in [0.15, 0.2) is 0 Å². The normalized spacial score (nSPS) is 16.2. The number of carbonyl (C=O) groups excluding carboxylic acids is 2. The van der Waals surface area contributed by atoms with Gasteiger partial charge >= 0.3 is 5.97 Å². The first-order chi connectivity index (χ1) is 11.1. The molecule has 1 fully saturated rings. The lowest BCUT2D eigenvalue weighted by Crippen LogP contribution is -2.45. The summed E-state index contributed by atoms with van der Waals surface area (Å²) in [6, 6.07) is 8.39. The van der Waals surface area contributed by atoms with Crippen LogP contribution in [-0.4, -0.2) is 25.0 Å². The first-order valence-corrected chi connectivity index (χ1v) is 8.01. The summed E-state index contributed by atoms with van der Waals surface area (Å²) in [5.41, 5.74) is 1.35. The number of hydrogen-bond acceptors (Lipinski definition) is 4. The monoisotopic (exact) mass is 314 g/mol. The highest BCUT2D eigenvalue weighted by molar-refractivity contribution is 5.86.